The molecule has 1 aromatic rings. The summed E-state index contributed by atoms with van der Waals surface area (Å²) in [6, 6.07) is 2.04. The van der Waals surface area contributed by atoms with E-state index in [1.165, 1.54) is 0 Å². The van der Waals surface area contributed by atoms with Crippen molar-refractivity contribution in [1.29, 1.82) is 5.26 Å². The summed E-state index contributed by atoms with van der Waals surface area (Å²) in [4.78, 5) is 6.49. The van der Waals surface area contributed by atoms with Crippen molar-refractivity contribution in [2.75, 3.05) is 26.3 Å². The molecule has 14 heavy (non-hydrogen) atoms. The summed E-state index contributed by atoms with van der Waals surface area (Å²) < 4.78 is 5.25. The van der Waals surface area contributed by atoms with Crippen molar-refractivity contribution >= 4 is 11.3 Å². The fourth-order valence-electron chi connectivity index (χ4n) is 1.39. The van der Waals surface area contributed by atoms with Crippen LogP contribution in [-0.2, 0) is 11.3 Å². The molecule has 4 nitrogen and oxygen atoms in total. The molecule has 1 aliphatic rings. The van der Waals surface area contributed by atoms with Crippen molar-refractivity contribution in [2.45, 2.75) is 6.54 Å². The third kappa shape index (κ3) is 2.29. The van der Waals surface area contributed by atoms with Crippen LogP contribution in [-0.4, -0.2) is 36.2 Å². The summed E-state index contributed by atoms with van der Waals surface area (Å²) in [6.45, 7) is 4.37. The van der Waals surface area contributed by atoms with E-state index in [1.807, 2.05) is 6.07 Å². The summed E-state index contributed by atoms with van der Waals surface area (Å²) in [7, 11) is 0. The fourth-order valence-corrected chi connectivity index (χ4v) is 2.15. The van der Waals surface area contributed by atoms with Gasteiger partial charge in [0.1, 0.15) is 11.1 Å². The van der Waals surface area contributed by atoms with Crippen LogP contribution >= 0.6 is 11.3 Å². The maximum absolute atomic E-state index is 8.62. The predicted molar refractivity (Wildman–Crippen MR) is 52.9 cm³/mol. The largest absolute Gasteiger partial charge is 0.379 e. The van der Waals surface area contributed by atoms with Crippen LogP contribution in [0.3, 0.4) is 0 Å². The summed E-state index contributed by atoms with van der Waals surface area (Å²) >= 11 is 1.55. The van der Waals surface area contributed by atoms with Gasteiger partial charge < -0.3 is 4.74 Å². The van der Waals surface area contributed by atoms with Crippen molar-refractivity contribution < 1.29 is 4.74 Å². The van der Waals surface area contributed by atoms with Gasteiger partial charge >= 0.3 is 0 Å². The Morgan fingerprint density at radius 2 is 2.36 bits per heavy atom. The minimum atomic E-state index is 0.526. The molecule has 5 heteroatoms. The molecule has 0 saturated carbocycles. The highest BCUT2D eigenvalue weighted by atomic mass is 32.1. The van der Waals surface area contributed by atoms with Gasteiger partial charge in [-0.15, -0.1) is 11.3 Å². The number of ether oxygens (including phenoxy) is 1. The van der Waals surface area contributed by atoms with Gasteiger partial charge in [0.05, 0.1) is 19.8 Å². The number of nitrogens with zero attached hydrogens (tertiary/aromatic N) is 3. The van der Waals surface area contributed by atoms with Crippen LogP contribution in [0.4, 0.5) is 0 Å². The van der Waals surface area contributed by atoms with Crippen molar-refractivity contribution in [3.8, 4) is 6.07 Å². The number of nitriles is 1. The van der Waals surface area contributed by atoms with E-state index in [0.29, 0.717) is 5.69 Å². The third-order valence-electron chi connectivity index (χ3n) is 2.13. The first kappa shape index (κ1) is 9.59. The topological polar surface area (TPSA) is 49.2 Å². The Balaban J connectivity index is 1.93. The van der Waals surface area contributed by atoms with Gasteiger partial charge in [-0.3, -0.25) is 4.90 Å². The van der Waals surface area contributed by atoms with Gasteiger partial charge in [-0.2, -0.15) is 5.26 Å². The van der Waals surface area contributed by atoms with Crippen molar-refractivity contribution in [2.24, 2.45) is 0 Å². The Labute approximate surface area is 86.7 Å². The van der Waals surface area contributed by atoms with Gasteiger partial charge in [0.2, 0.25) is 0 Å². The normalized spacial score (nSPS) is 17.9. The third-order valence-corrected chi connectivity index (χ3v) is 2.96. The predicted octanol–water partition coefficient (Wildman–Crippen LogP) is 0.847. The lowest BCUT2D eigenvalue weighted by atomic mass is 10.4. The standard InChI is InChI=1S/C9H11N3OS/c10-5-8-7-14-9(11-8)6-12-1-3-13-4-2-12/h7H,1-4,6H2. The van der Waals surface area contributed by atoms with E-state index >= 15 is 0 Å². The highest BCUT2D eigenvalue weighted by molar-refractivity contribution is 7.09. The molecule has 0 N–H and O–H groups in total. The zero-order valence-corrected chi connectivity index (χ0v) is 8.59. The van der Waals surface area contributed by atoms with Crippen LogP contribution in [0.25, 0.3) is 0 Å². The molecule has 0 radical (unpaired) electrons. The molecule has 2 rings (SSSR count). The average molecular weight is 209 g/mol. The molecule has 2 heterocycles. The van der Waals surface area contributed by atoms with Crippen molar-refractivity contribution in [1.82, 2.24) is 9.88 Å². The molecule has 0 aromatic carbocycles. The molecule has 0 amide bonds. The average Bonchev–Trinajstić information content (AvgIpc) is 2.67. The van der Waals surface area contributed by atoms with E-state index in [0.717, 1.165) is 37.9 Å². The van der Waals surface area contributed by atoms with Gasteiger partial charge in [0, 0.05) is 18.5 Å². The van der Waals surface area contributed by atoms with Gasteiger partial charge in [-0.25, -0.2) is 4.98 Å². The quantitative estimate of drug-likeness (QED) is 0.724. The lowest BCUT2D eigenvalue weighted by Crippen LogP contribution is -2.35. The summed E-state index contributed by atoms with van der Waals surface area (Å²) in [5.74, 6) is 0. The Bertz CT molecular complexity index is 338. The molecule has 0 atom stereocenters. The zero-order valence-electron chi connectivity index (χ0n) is 7.77. The molecule has 74 valence electrons. The van der Waals surface area contributed by atoms with Crippen LogP contribution < -0.4 is 0 Å². The minimum absolute atomic E-state index is 0.526. The summed E-state index contributed by atoms with van der Waals surface area (Å²) in [6.07, 6.45) is 0. The van der Waals surface area contributed by atoms with Gasteiger partial charge in [-0.05, 0) is 0 Å². The van der Waals surface area contributed by atoms with Gasteiger partial charge in [0.15, 0.2) is 5.69 Å². The number of aromatic nitrogens is 1. The fraction of sp³-hybridized carbons (Fsp3) is 0.556. The molecule has 0 unspecified atom stereocenters. The highest BCUT2D eigenvalue weighted by Gasteiger charge is 2.12. The summed E-state index contributed by atoms with van der Waals surface area (Å²) in [5, 5.41) is 11.4. The molecule has 1 fully saturated rings. The van der Waals surface area contributed by atoms with E-state index < -0.39 is 0 Å². The second-order valence-electron chi connectivity index (χ2n) is 3.13. The molecule has 0 bridgehead atoms. The maximum atomic E-state index is 8.62. The number of morpholine rings is 1. The van der Waals surface area contributed by atoms with Crippen LogP contribution in [0.1, 0.15) is 10.7 Å². The first-order valence-electron chi connectivity index (χ1n) is 4.53. The smallest absolute Gasteiger partial charge is 0.151 e. The van der Waals surface area contributed by atoms with E-state index in [9.17, 15) is 0 Å². The van der Waals surface area contributed by atoms with Crippen LogP contribution in [0.5, 0.6) is 0 Å². The second-order valence-corrected chi connectivity index (χ2v) is 4.07. The van der Waals surface area contributed by atoms with E-state index in [1.54, 1.807) is 16.7 Å². The van der Waals surface area contributed by atoms with Gasteiger partial charge in [0.25, 0.3) is 0 Å². The molecule has 0 aliphatic carbocycles. The Morgan fingerprint density at radius 1 is 1.57 bits per heavy atom. The van der Waals surface area contributed by atoms with Crippen LogP contribution in [0.2, 0.25) is 0 Å². The zero-order chi connectivity index (χ0) is 9.80. The Hall–Kier alpha value is -0.960. The highest BCUT2D eigenvalue weighted by Crippen LogP contribution is 2.12. The molecular weight excluding hydrogens is 198 g/mol. The van der Waals surface area contributed by atoms with Crippen molar-refractivity contribution in [3.05, 3.63) is 16.1 Å². The lowest BCUT2D eigenvalue weighted by molar-refractivity contribution is 0.0341. The first-order chi connectivity index (χ1) is 6.88. The monoisotopic (exact) mass is 209 g/mol. The second kappa shape index (κ2) is 4.51. The molecule has 1 aromatic heterocycles. The molecular formula is C9H11N3OS. The molecule has 1 saturated heterocycles. The van der Waals surface area contributed by atoms with E-state index in [-0.39, 0.29) is 0 Å². The van der Waals surface area contributed by atoms with Crippen LogP contribution in [0, 0.1) is 11.3 Å². The Kier molecular flexibility index (Phi) is 3.09. The number of thiazole rings is 1. The number of rotatable bonds is 2. The molecule has 0 spiro atoms. The SMILES string of the molecule is N#Cc1csc(CN2CCOCC2)n1. The van der Waals surface area contributed by atoms with E-state index in [4.69, 9.17) is 10.00 Å². The van der Waals surface area contributed by atoms with Crippen molar-refractivity contribution in [3.63, 3.8) is 0 Å². The lowest BCUT2D eigenvalue weighted by Gasteiger charge is -2.25. The summed E-state index contributed by atoms with van der Waals surface area (Å²) in [5.41, 5.74) is 0.526. The Morgan fingerprint density at radius 3 is 3.00 bits per heavy atom. The number of hydrogen-bond acceptors (Lipinski definition) is 5. The van der Waals surface area contributed by atoms with E-state index in [2.05, 4.69) is 9.88 Å². The van der Waals surface area contributed by atoms with Gasteiger partial charge in [-0.1, -0.05) is 0 Å². The first-order valence-corrected chi connectivity index (χ1v) is 5.41. The van der Waals surface area contributed by atoms with Crippen LogP contribution in [0.15, 0.2) is 5.38 Å². The maximum Gasteiger partial charge on any atom is 0.151 e. The molecule has 1 aliphatic heterocycles. The number of hydrogen-bond donors (Lipinski definition) is 0. The minimum Gasteiger partial charge on any atom is -0.379 e.